The minimum absolute atomic E-state index is 0.369. The lowest BCUT2D eigenvalue weighted by Gasteiger charge is -2.06. The van der Waals surface area contributed by atoms with Gasteiger partial charge in [-0.05, 0) is 67.3 Å². The van der Waals surface area contributed by atoms with Gasteiger partial charge in [-0.1, -0.05) is 26.0 Å². The second-order valence-corrected chi connectivity index (χ2v) is 6.60. The number of rotatable bonds is 9. The molecule has 0 radical (unpaired) electrons. The average Bonchev–Trinajstić information content (AvgIpc) is 2.68. The van der Waals surface area contributed by atoms with Crippen molar-refractivity contribution in [3.63, 3.8) is 0 Å². The third-order valence-corrected chi connectivity index (χ3v) is 3.84. The second-order valence-electron chi connectivity index (χ2n) is 6.60. The number of carbonyl (C=O) groups excluding carboxylic acids is 2. The summed E-state index contributed by atoms with van der Waals surface area (Å²) < 4.78 is 15.8. The number of hydrogen-bond donors (Lipinski definition) is 0. The molecule has 0 saturated carbocycles. The van der Waals surface area contributed by atoms with Crippen LogP contribution in [-0.4, -0.2) is 25.2 Å². The van der Waals surface area contributed by atoms with Crippen molar-refractivity contribution in [2.75, 3.05) is 13.2 Å². The Morgan fingerprint density at radius 1 is 0.964 bits per heavy atom. The minimum Gasteiger partial charge on any atom is -0.494 e. The van der Waals surface area contributed by atoms with Crippen molar-refractivity contribution in [1.29, 1.82) is 0 Å². The van der Waals surface area contributed by atoms with Crippen molar-refractivity contribution in [1.82, 2.24) is 0 Å². The Balaban J connectivity index is 1.87. The predicted molar refractivity (Wildman–Crippen MR) is 108 cm³/mol. The molecule has 0 aromatic heterocycles. The van der Waals surface area contributed by atoms with E-state index < -0.39 is 5.97 Å². The van der Waals surface area contributed by atoms with Crippen LogP contribution in [0.4, 0.5) is 0 Å². The largest absolute Gasteiger partial charge is 0.494 e. The van der Waals surface area contributed by atoms with Crippen LogP contribution in [0.2, 0.25) is 0 Å². The highest BCUT2D eigenvalue weighted by atomic mass is 16.5. The number of carbonyl (C=O) groups is 2. The van der Waals surface area contributed by atoms with Crippen LogP contribution in [0, 0.1) is 5.92 Å². The number of esters is 2. The Morgan fingerprint density at radius 3 is 2.21 bits per heavy atom. The summed E-state index contributed by atoms with van der Waals surface area (Å²) in [5.41, 5.74) is 1.25. The molecule has 0 N–H and O–H groups in total. The fourth-order valence-electron chi connectivity index (χ4n) is 2.27. The maximum atomic E-state index is 12.2. The third-order valence-electron chi connectivity index (χ3n) is 3.84. The van der Waals surface area contributed by atoms with Gasteiger partial charge in [0.05, 0.1) is 18.8 Å². The van der Waals surface area contributed by atoms with Gasteiger partial charge in [0.15, 0.2) is 0 Å². The van der Waals surface area contributed by atoms with Gasteiger partial charge in [-0.15, -0.1) is 0 Å². The Hall–Kier alpha value is -3.08. The maximum Gasteiger partial charge on any atom is 0.343 e. The molecule has 0 unspecified atom stereocenters. The smallest absolute Gasteiger partial charge is 0.343 e. The third kappa shape index (κ3) is 7.27. The summed E-state index contributed by atoms with van der Waals surface area (Å²) in [6, 6.07) is 13.7. The molecule has 0 fully saturated rings. The zero-order valence-corrected chi connectivity index (χ0v) is 16.5. The number of benzene rings is 2. The SMILES string of the molecule is CCOc1ccc(C(=O)Oc2ccc(/C=C/C(=O)OCCC(C)C)cc2)cc1. The van der Waals surface area contributed by atoms with Crippen molar-refractivity contribution in [3.05, 3.63) is 65.7 Å². The van der Waals surface area contributed by atoms with Gasteiger partial charge in [0.25, 0.3) is 0 Å². The monoisotopic (exact) mass is 382 g/mol. The van der Waals surface area contributed by atoms with Gasteiger partial charge in [0.2, 0.25) is 0 Å². The van der Waals surface area contributed by atoms with E-state index in [1.807, 2.05) is 6.92 Å². The second kappa shape index (κ2) is 10.9. The Kier molecular flexibility index (Phi) is 8.28. The van der Waals surface area contributed by atoms with E-state index in [2.05, 4.69) is 13.8 Å². The van der Waals surface area contributed by atoms with E-state index in [0.717, 1.165) is 12.0 Å². The van der Waals surface area contributed by atoms with Crippen LogP contribution < -0.4 is 9.47 Å². The Morgan fingerprint density at radius 2 is 1.61 bits per heavy atom. The van der Waals surface area contributed by atoms with E-state index in [4.69, 9.17) is 14.2 Å². The van der Waals surface area contributed by atoms with Crippen LogP contribution in [0.5, 0.6) is 11.5 Å². The highest BCUT2D eigenvalue weighted by Gasteiger charge is 2.08. The minimum atomic E-state index is -0.444. The van der Waals surface area contributed by atoms with E-state index >= 15 is 0 Å². The molecule has 0 amide bonds. The quantitative estimate of drug-likeness (QED) is 0.350. The molecular formula is C23H26O5. The van der Waals surface area contributed by atoms with E-state index in [1.165, 1.54) is 6.08 Å². The molecule has 5 heteroatoms. The van der Waals surface area contributed by atoms with Crippen LogP contribution in [0.1, 0.15) is 43.1 Å². The summed E-state index contributed by atoms with van der Waals surface area (Å²) >= 11 is 0. The number of ether oxygens (including phenoxy) is 3. The highest BCUT2D eigenvalue weighted by molar-refractivity contribution is 5.91. The molecule has 0 atom stereocenters. The van der Waals surface area contributed by atoms with E-state index in [9.17, 15) is 9.59 Å². The first kappa shape index (κ1) is 21.2. The molecule has 148 valence electrons. The topological polar surface area (TPSA) is 61.8 Å². The Bertz CT molecular complexity index is 789. The fourth-order valence-corrected chi connectivity index (χ4v) is 2.27. The van der Waals surface area contributed by atoms with E-state index in [0.29, 0.717) is 36.2 Å². The average molecular weight is 382 g/mol. The van der Waals surface area contributed by atoms with Crippen molar-refractivity contribution >= 4 is 18.0 Å². The zero-order chi connectivity index (χ0) is 20.4. The van der Waals surface area contributed by atoms with Crippen LogP contribution in [0.25, 0.3) is 6.08 Å². The van der Waals surface area contributed by atoms with E-state index in [1.54, 1.807) is 54.6 Å². The van der Waals surface area contributed by atoms with Crippen molar-refractivity contribution < 1.29 is 23.8 Å². The molecule has 2 aromatic rings. The normalized spacial score (nSPS) is 10.9. The first-order chi connectivity index (χ1) is 13.5. The summed E-state index contributed by atoms with van der Waals surface area (Å²) in [4.78, 5) is 23.8. The summed E-state index contributed by atoms with van der Waals surface area (Å²) in [6.07, 6.45) is 3.89. The van der Waals surface area contributed by atoms with Crippen molar-refractivity contribution in [2.24, 2.45) is 5.92 Å². The molecule has 5 nitrogen and oxygen atoms in total. The summed E-state index contributed by atoms with van der Waals surface area (Å²) in [5, 5.41) is 0. The van der Waals surface area contributed by atoms with Gasteiger partial charge in [-0.2, -0.15) is 0 Å². The highest BCUT2D eigenvalue weighted by Crippen LogP contribution is 2.17. The molecule has 0 saturated heterocycles. The molecule has 0 aliphatic rings. The first-order valence-electron chi connectivity index (χ1n) is 9.38. The molecular weight excluding hydrogens is 356 g/mol. The summed E-state index contributed by atoms with van der Waals surface area (Å²) in [5.74, 6) is 0.815. The lowest BCUT2D eigenvalue weighted by Crippen LogP contribution is -2.08. The van der Waals surface area contributed by atoms with Crippen molar-refractivity contribution in [3.8, 4) is 11.5 Å². The molecule has 0 heterocycles. The fraction of sp³-hybridized carbons (Fsp3) is 0.304. The standard InChI is InChI=1S/C23H26O5/c1-4-26-20-12-8-19(9-13-20)23(25)28-21-10-5-18(6-11-21)7-14-22(24)27-16-15-17(2)3/h5-14,17H,4,15-16H2,1-3H3/b14-7+. The van der Waals surface area contributed by atoms with Crippen LogP contribution in [0.3, 0.4) is 0 Å². The lowest BCUT2D eigenvalue weighted by atomic mass is 10.1. The lowest BCUT2D eigenvalue weighted by molar-refractivity contribution is -0.137. The van der Waals surface area contributed by atoms with Gasteiger partial charge in [-0.25, -0.2) is 9.59 Å². The molecule has 0 aliphatic heterocycles. The maximum absolute atomic E-state index is 12.2. The van der Waals surface area contributed by atoms with Gasteiger partial charge < -0.3 is 14.2 Å². The van der Waals surface area contributed by atoms with Crippen LogP contribution in [-0.2, 0) is 9.53 Å². The van der Waals surface area contributed by atoms with Gasteiger partial charge >= 0.3 is 11.9 Å². The summed E-state index contributed by atoms with van der Waals surface area (Å²) in [6.45, 7) is 7.04. The summed E-state index contributed by atoms with van der Waals surface area (Å²) in [7, 11) is 0. The van der Waals surface area contributed by atoms with Gasteiger partial charge in [0.1, 0.15) is 11.5 Å². The molecule has 2 aromatic carbocycles. The first-order valence-corrected chi connectivity index (χ1v) is 9.38. The molecule has 0 bridgehead atoms. The van der Waals surface area contributed by atoms with Crippen LogP contribution >= 0.6 is 0 Å². The van der Waals surface area contributed by atoms with Gasteiger partial charge in [0, 0.05) is 6.08 Å². The Labute approximate surface area is 165 Å². The molecule has 0 aliphatic carbocycles. The number of hydrogen-bond acceptors (Lipinski definition) is 5. The van der Waals surface area contributed by atoms with Crippen LogP contribution in [0.15, 0.2) is 54.6 Å². The van der Waals surface area contributed by atoms with E-state index in [-0.39, 0.29) is 5.97 Å². The molecule has 2 rings (SSSR count). The zero-order valence-electron chi connectivity index (χ0n) is 16.5. The molecule has 28 heavy (non-hydrogen) atoms. The molecule has 0 spiro atoms. The predicted octanol–water partition coefficient (Wildman–Crippen LogP) is 4.91. The van der Waals surface area contributed by atoms with Crippen molar-refractivity contribution in [2.45, 2.75) is 27.2 Å². The van der Waals surface area contributed by atoms with Gasteiger partial charge in [-0.3, -0.25) is 0 Å².